The number of nitrogens with one attached hydrogen (secondary N) is 1. The molecule has 0 aliphatic heterocycles. The molecule has 4 nitrogen and oxygen atoms in total. The molecule has 3 aromatic rings. The number of hydrogen-bond donors (Lipinski definition) is 2. The Hall–Kier alpha value is -2.58. The maximum absolute atomic E-state index is 13.3. The van der Waals surface area contributed by atoms with E-state index < -0.39 is 23.5 Å². The Kier molecular flexibility index (Phi) is 5.15. The molecule has 3 rings (SSSR count). The number of rotatable bonds is 4. The lowest BCUT2D eigenvalue weighted by atomic mass is 10.0. The van der Waals surface area contributed by atoms with Gasteiger partial charge in [-0.2, -0.15) is 0 Å². The van der Waals surface area contributed by atoms with Crippen LogP contribution in [0.4, 0.5) is 13.8 Å². The van der Waals surface area contributed by atoms with Crippen LogP contribution in [0.3, 0.4) is 0 Å². The Morgan fingerprint density at radius 2 is 1.73 bits per heavy atom. The van der Waals surface area contributed by atoms with E-state index in [-0.39, 0.29) is 16.1 Å². The second-order valence-electron chi connectivity index (χ2n) is 5.25. The van der Waals surface area contributed by atoms with Crippen LogP contribution in [0.1, 0.15) is 20.7 Å². The van der Waals surface area contributed by atoms with Crippen molar-refractivity contribution in [2.24, 2.45) is 0 Å². The number of amides is 1. The van der Waals surface area contributed by atoms with Crippen LogP contribution < -0.4 is 5.32 Å². The van der Waals surface area contributed by atoms with Crippen LogP contribution in [-0.4, -0.2) is 17.0 Å². The fourth-order valence-electron chi connectivity index (χ4n) is 2.32. The summed E-state index contributed by atoms with van der Waals surface area (Å²) in [5.74, 6) is -4.15. The molecule has 0 unspecified atom stereocenters. The van der Waals surface area contributed by atoms with Gasteiger partial charge in [-0.3, -0.25) is 4.79 Å². The Bertz CT molecular complexity index is 1000. The van der Waals surface area contributed by atoms with Gasteiger partial charge in [0, 0.05) is 21.0 Å². The van der Waals surface area contributed by atoms with Gasteiger partial charge in [-0.1, -0.05) is 28.1 Å². The number of benzene rings is 2. The molecule has 0 saturated heterocycles. The van der Waals surface area contributed by atoms with Gasteiger partial charge in [0.25, 0.3) is 5.91 Å². The molecule has 1 amide bonds. The summed E-state index contributed by atoms with van der Waals surface area (Å²) in [7, 11) is 0. The van der Waals surface area contributed by atoms with Crippen molar-refractivity contribution in [3.8, 4) is 11.1 Å². The molecule has 2 aromatic carbocycles. The molecule has 0 atom stereocenters. The maximum Gasteiger partial charge on any atom is 0.339 e. The summed E-state index contributed by atoms with van der Waals surface area (Å²) in [5.41, 5.74) is 0.956. The highest BCUT2D eigenvalue weighted by Gasteiger charge is 2.22. The fraction of sp³-hybridized carbons (Fsp3) is 0. The third-order valence-corrected chi connectivity index (χ3v) is 4.99. The molecule has 0 saturated carbocycles. The van der Waals surface area contributed by atoms with Crippen molar-refractivity contribution in [1.29, 1.82) is 0 Å². The molecule has 2 N–H and O–H groups in total. The van der Waals surface area contributed by atoms with E-state index in [4.69, 9.17) is 0 Å². The van der Waals surface area contributed by atoms with Gasteiger partial charge in [0.15, 0.2) is 11.6 Å². The van der Waals surface area contributed by atoms with Gasteiger partial charge in [0.2, 0.25) is 0 Å². The number of anilines is 1. The number of carbonyl (C=O) groups excluding carboxylic acids is 1. The van der Waals surface area contributed by atoms with Crippen molar-refractivity contribution in [3.05, 3.63) is 75.1 Å². The molecule has 0 aliphatic carbocycles. The van der Waals surface area contributed by atoms with Crippen LogP contribution >= 0.6 is 27.3 Å². The Balaban J connectivity index is 1.95. The zero-order valence-electron chi connectivity index (χ0n) is 12.9. The predicted molar refractivity (Wildman–Crippen MR) is 98.7 cm³/mol. The van der Waals surface area contributed by atoms with Crippen LogP contribution in [0.25, 0.3) is 11.1 Å². The molecule has 0 radical (unpaired) electrons. The van der Waals surface area contributed by atoms with Crippen LogP contribution in [0.2, 0.25) is 0 Å². The summed E-state index contributed by atoms with van der Waals surface area (Å²) < 4.78 is 27.1. The first-order valence-corrected chi connectivity index (χ1v) is 8.91. The summed E-state index contributed by atoms with van der Waals surface area (Å²) >= 11 is 4.35. The van der Waals surface area contributed by atoms with E-state index in [1.165, 1.54) is 0 Å². The van der Waals surface area contributed by atoms with E-state index in [2.05, 4.69) is 21.2 Å². The number of aromatic carboxylic acids is 1. The van der Waals surface area contributed by atoms with Gasteiger partial charge in [0.1, 0.15) is 10.6 Å². The number of carbonyl (C=O) groups is 2. The Morgan fingerprint density at radius 3 is 2.35 bits per heavy atom. The summed E-state index contributed by atoms with van der Waals surface area (Å²) in [5, 5.41) is 13.7. The standard InChI is InChI=1S/C18H10BrF2NO3S/c19-11-4-1-9(2-5-11)12-8-26-17(15(12)18(24)25)22-16(23)10-3-6-13(20)14(21)7-10/h1-8H,(H,22,23)(H,24,25). The Labute approximate surface area is 159 Å². The number of hydrogen-bond acceptors (Lipinski definition) is 3. The van der Waals surface area contributed by atoms with Gasteiger partial charge in [-0.25, -0.2) is 13.6 Å². The average Bonchev–Trinajstić information content (AvgIpc) is 3.01. The second-order valence-corrected chi connectivity index (χ2v) is 7.04. The van der Waals surface area contributed by atoms with Crippen LogP contribution in [0.5, 0.6) is 0 Å². The van der Waals surface area contributed by atoms with Crippen molar-refractivity contribution in [3.63, 3.8) is 0 Å². The van der Waals surface area contributed by atoms with Crippen molar-refractivity contribution in [2.75, 3.05) is 5.32 Å². The normalized spacial score (nSPS) is 10.6. The number of carboxylic acids is 1. The largest absolute Gasteiger partial charge is 0.478 e. The number of carboxylic acid groups (broad SMARTS) is 1. The van der Waals surface area contributed by atoms with E-state index in [1.54, 1.807) is 29.6 Å². The van der Waals surface area contributed by atoms with E-state index >= 15 is 0 Å². The first kappa shape index (κ1) is 18.2. The number of halogens is 3. The monoisotopic (exact) mass is 437 g/mol. The number of thiophene rings is 1. The molecule has 0 spiro atoms. The quantitative estimate of drug-likeness (QED) is 0.573. The minimum absolute atomic E-state index is 0.0618. The van der Waals surface area contributed by atoms with Gasteiger partial charge in [-0.15, -0.1) is 11.3 Å². The topological polar surface area (TPSA) is 66.4 Å². The summed E-state index contributed by atoms with van der Waals surface area (Å²) in [6.45, 7) is 0. The SMILES string of the molecule is O=C(Nc1scc(-c2ccc(Br)cc2)c1C(=O)O)c1ccc(F)c(F)c1. The van der Waals surface area contributed by atoms with E-state index in [9.17, 15) is 23.5 Å². The zero-order valence-corrected chi connectivity index (χ0v) is 15.3. The minimum atomic E-state index is -1.20. The first-order chi connectivity index (χ1) is 12.4. The maximum atomic E-state index is 13.3. The lowest BCUT2D eigenvalue weighted by Gasteiger charge is -2.06. The second kappa shape index (κ2) is 7.35. The van der Waals surface area contributed by atoms with Crippen LogP contribution in [0, 0.1) is 11.6 Å². The van der Waals surface area contributed by atoms with Gasteiger partial charge in [0.05, 0.1) is 0 Å². The van der Waals surface area contributed by atoms with Crippen molar-refractivity contribution >= 4 is 44.1 Å². The molecular formula is C18H10BrF2NO3S. The zero-order chi connectivity index (χ0) is 18.8. The molecule has 1 aromatic heterocycles. The van der Waals surface area contributed by atoms with Gasteiger partial charge >= 0.3 is 5.97 Å². The van der Waals surface area contributed by atoms with E-state index in [0.29, 0.717) is 11.1 Å². The molecule has 132 valence electrons. The summed E-state index contributed by atoms with van der Waals surface area (Å²) in [6.07, 6.45) is 0. The summed E-state index contributed by atoms with van der Waals surface area (Å²) in [6, 6.07) is 9.77. The predicted octanol–water partition coefficient (Wildman–Crippen LogP) is 5.41. The van der Waals surface area contributed by atoms with Crippen LogP contribution in [0.15, 0.2) is 52.3 Å². The van der Waals surface area contributed by atoms with Crippen molar-refractivity contribution in [2.45, 2.75) is 0 Å². The molecule has 1 heterocycles. The lowest BCUT2D eigenvalue weighted by Crippen LogP contribution is -2.14. The minimum Gasteiger partial charge on any atom is -0.478 e. The van der Waals surface area contributed by atoms with Gasteiger partial charge in [-0.05, 0) is 35.9 Å². The first-order valence-electron chi connectivity index (χ1n) is 7.24. The molecule has 0 fully saturated rings. The highest BCUT2D eigenvalue weighted by Crippen LogP contribution is 2.36. The van der Waals surface area contributed by atoms with Crippen LogP contribution in [-0.2, 0) is 0 Å². The highest BCUT2D eigenvalue weighted by molar-refractivity contribution is 9.10. The van der Waals surface area contributed by atoms with E-state index in [0.717, 1.165) is 34.0 Å². The lowest BCUT2D eigenvalue weighted by molar-refractivity contribution is 0.0699. The van der Waals surface area contributed by atoms with Gasteiger partial charge < -0.3 is 10.4 Å². The fourth-order valence-corrected chi connectivity index (χ4v) is 3.54. The molecule has 8 heteroatoms. The smallest absolute Gasteiger partial charge is 0.339 e. The van der Waals surface area contributed by atoms with Crippen molar-refractivity contribution < 1.29 is 23.5 Å². The molecule has 26 heavy (non-hydrogen) atoms. The van der Waals surface area contributed by atoms with E-state index in [1.807, 2.05) is 0 Å². The molecule has 0 bridgehead atoms. The molecule has 0 aliphatic rings. The third-order valence-electron chi connectivity index (χ3n) is 3.57. The Morgan fingerprint density at radius 1 is 1.04 bits per heavy atom. The summed E-state index contributed by atoms with van der Waals surface area (Å²) in [4.78, 5) is 23.9. The molecular weight excluding hydrogens is 428 g/mol. The third kappa shape index (κ3) is 3.66. The average molecular weight is 438 g/mol. The highest BCUT2D eigenvalue weighted by atomic mass is 79.9. The van der Waals surface area contributed by atoms with Crippen molar-refractivity contribution in [1.82, 2.24) is 0 Å².